The Morgan fingerprint density at radius 1 is 1.19 bits per heavy atom. The van der Waals surface area contributed by atoms with Gasteiger partial charge in [0.2, 0.25) is 10.0 Å². The molecule has 1 heterocycles. The molecule has 1 atom stereocenters. The molecule has 0 amide bonds. The number of halogens is 3. The zero-order valence-corrected chi connectivity index (χ0v) is 12.4. The smallest absolute Gasteiger partial charge is 0.229 e. The summed E-state index contributed by atoms with van der Waals surface area (Å²) in [5, 5.41) is 0. The van der Waals surface area contributed by atoms with E-state index in [1.807, 2.05) is 4.72 Å². The highest BCUT2D eigenvalue weighted by molar-refractivity contribution is 7.92. The molecule has 1 aromatic carbocycles. The number of benzene rings is 1. The van der Waals surface area contributed by atoms with Crippen LogP contribution in [0.2, 0.25) is 0 Å². The van der Waals surface area contributed by atoms with E-state index in [1.54, 1.807) is 0 Å². The lowest BCUT2D eigenvalue weighted by molar-refractivity contribution is 0.0637. The van der Waals surface area contributed by atoms with Crippen molar-refractivity contribution in [1.29, 1.82) is 0 Å². The van der Waals surface area contributed by atoms with Crippen LogP contribution in [0, 0.1) is 11.6 Å². The van der Waals surface area contributed by atoms with Gasteiger partial charge in [-0.2, -0.15) is 0 Å². The van der Waals surface area contributed by atoms with E-state index in [2.05, 4.69) is 0 Å². The standard InChI is InChI=1S/C13H17F3N2O2S/c1-21(19,20)17-12-9(5-6-10(14)11(12)15)13(16)18-7-3-2-4-8-18/h5-6,13,17H,2-4,7-8H2,1H3. The minimum Gasteiger partial charge on any atom is -0.280 e. The van der Waals surface area contributed by atoms with Gasteiger partial charge in [0.05, 0.1) is 11.9 Å². The molecule has 0 aliphatic carbocycles. The molecule has 0 bridgehead atoms. The first kappa shape index (κ1) is 16.1. The topological polar surface area (TPSA) is 49.4 Å². The molecule has 0 saturated carbocycles. The van der Waals surface area contributed by atoms with E-state index < -0.39 is 33.6 Å². The Morgan fingerprint density at radius 3 is 2.38 bits per heavy atom. The Morgan fingerprint density at radius 2 is 1.81 bits per heavy atom. The molecule has 2 rings (SSSR count). The second-order valence-corrected chi connectivity index (χ2v) is 6.88. The zero-order chi connectivity index (χ0) is 15.6. The van der Waals surface area contributed by atoms with Gasteiger partial charge in [0.15, 0.2) is 17.9 Å². The quantitative estimate of drug-likeness (QED) is 0.867. The number of hydrogen-bond acceptors (Lipinski definition) is 3. The molecule has 1 saturated heterocycles. The monoisotopic (exact) mass is 322 g/mol. The lowest BCUT2D eigenvalue weighted by atomic mass is 10.1. The number of alkyl halides is 1. The maximum atomic E-state index is 14.6. The Hall–Kier alpha value is -1.28. The van der Waals surface area contributed by atoms with Crippen LogP contribution in [-0.4, -0.2) is 32.7 Å². The van der Waals surface area contributed by atoms with Crippen molar-refractivity contribution < 1.29 is 21.6 Å². The van der Waals surface area contributed by atoms with Crippen molar-refractivity contribution in [3.05, 3.63) is 29.3 Å². The highest BCUT2D eigenvalue weighted by atomic mass is 32.2. The van der Waals surface area contributed by atoms with Gasteiger partial charge in [0.1, 0.15) is 0 Å². The summed E-state index contributed by atoms with van der Waals surface area (Å²) in [6.45, 7) is 0.997. The molecule has 21 heavy (non-hydrogen) atoms. The zero-order valence-electron chi connectivity index (χ0n) is 11.6. The van der Waals surface area contributed by atoms with Crippen molar-refractivity contribution in [3.63, 3.8) is 0 Å². The van der Waals surface area contributed by atoms with Crippen LogP contribution in [-0.2, 0) is 10.0 Å². The molecule has 1 aromatic rings. The predicted molar refractivity (Wildman–Crippen MR) is 74.1 cm³/mol. The van der Waals surface area contributed by atoms with Gasteiger partial charge in [-0.1, -0.05) is 6.42 Å². The van der Waals surface area contributed by atoms with E-state index in [1.165, 1.54) is 4.90 Å². The number of likely N-dealkylation sites (tertiary alicyclic amines) is 1. The highest BCUT2D eigenvalue weighted by Gasteiger charge is 2.27. The first-order valence-electron chi connectivity index (χ1n) is 6.63. The molecule has 4 nitrogen and oxygen atoms in total. The average Bonchev–Trinajstić information content (AvgIpc) is 2.43. The molecular weight excluding hydrogens is 305 g/mol. The Balaban J connectivity index is 2.39. The van der Waals surface area contributed by atoms with Gasteiger partial charge in [-0.25, -0.2) is 21.6 Å². The first-order chi connectivity index (χ1) is 9.79. The molecule has 0 spiro atoms. The van der Waals surface area contributed by atoms with Crippen molar-refractivity contribution in [2.24, 2.45) is 0 Å². The molecule has 1 N–H and O–H groups in total. The van der Waals surface area contributed by atoms with Crippen LogP contribution >= 0.6 is 0 Å². The number of sulfonamides is 1. The third-order valence-corrected chi connectivity index (χ3v) is 3.96. The van der Waals surface area contributed by atoms with Crippen LogP contribution in [0.1, 0.15) is 31.1 Å². The molecular formula is C13H17F3N2O2S. The molecule has 0 aromatic heterocycles. The lowest BCUT2D eigenvalue weighted by Gasteiger charge is -2.30. The number of hydrogen-bond donors (Lipinski definition) is 1. The van der Waals surface area contributed by atoms with Crippen LogP contribution in [0.4, 0.5) is 18.9 Å². The van der Waals surface area contributed by atoms with Crippen molar-refractivity contribution in [2.75, 3.05) is 24.1 Å². The van der Waals surface area contributed by atoms with E-state index in [0.717, 1.165) is 37.7 Å². The summed E-state index contributed by atoms with van der Waals surface area (Å²) in [5.41, 5.74) is -0.864. The van der Waals surface area contributed by atoms with Crippen molar-refractivity contribution in [1.82, 2.24) is 4.90 Å². The maximum Gasteiger partial charge on any atom is 0.229 e. The highest BCUT2D eigenvalue weighted by Crippen LogP contribution is 2.34. The summed E-state index contributed by atoms with van der Waals surface area (Å²) in [6.07, 6.45) is 1.76. The second kappa shape index (κ2) is 6.23. The minimum atomic E-state index is -3.85. The molecule has 8 heteroatoms. The SMILES string of the molecule is CS(=O)(=O)Nc1c(C(F)N2CCCCC2)ccc(F)c1F. The van der Waals surface area contributed by atoms with E-state index in [9.17, 15) is 21.6 Å². The molecule has 0 radical (unpaired) electrons. The largest absolute Gasteiger partial charge is 0.280 e. The Labute approximate surface area is 122 Å². The third kappa shape index (κ3) is 3.88. The normalized spacial score (nSPS) is 18.5. The van der Waals surface area contributed by atoms with Gasteiger partial charge in [-0.15, -0.1) is 0 Å². The average molecular weight is 322 g/mol. The third-order valence-electron chi connectivity index (χ3n) is 3.38. The minimum absolute atomic E-state index is 0.207. The van der Waals surface area contributed by atoms with Gasteiger partial charge < -0.3 is 0 Å². The summed E-state index contributed by atoms with van der Waals surface area (Å²) >= 11 is 0. The fraction of sp³-hybridized carbons (Fsp3) is 0.538. The lowest BCUT2D eigenvalue weighted by Crippen LogP contribution is -2.32. The van der Waals surface area contributed by atoms with E-state index >= 15 is 0 Å². The van der Waals surface area contributed by atoms with Gasteiger partial charge in [0.25, 0.3) is 0 Å². The Kier molecular flexibility index (Phi) is 4.77. The second-order valence-electron chi connectivity index (χ2n) is 5.13. The summed E-state index contributed by atoms with van der Waals surface area (Å²) in [7, 11) is -3.85. The van der Waals surface area contributed by atoms with Crippen molar-refractivity contribution in [3.8, 4) is 0 Å². The van der Waals surface area contributed by atoms with Crippen LogP contribution in [0.3, 0.4) is 0 Å². The van der Waals surface area contributed by atoms with Gasteiger partial charge in [0, 0.05) is 18.7 Å². The van der Waals surface area contributed by atoms with Gasteiger partial charge in [-0.3, -0.25) is 9.62 Å². The molecule has 118 valence electrons. The molecule has 1 aliphatic rings. The fourth-order valence-corrected chi connectivity index (χ4v) is 2.97. The van der Waals surface area contributed by atoms with E-state index in [-0.39, 0.29) is 5.56 Å². The summed E-state index contributed by atoms with van der Waals surface area (Å²) in [4.78, 5) is 1.49. The van der Waals surface area contributed by atoms with Crippen molar-refractivity contribution in [2.45, 2.75) is 25.6 Å². The molecule has 1 aliphatic heterocycles. The van der Waals surface area contributed by atoms with Crippen LogP contribution in [0.25, 0.3) is 0 Å². The van der Waals surface area contributed by atoms with Crippen LogP contribution < -0.4 is 4.72 Å². The number of anilines is 1. The van der Waals surface area contributed by atoms with E-state index in [4.69, 9.17) is 0 Å². The number of rotatable bonds is 4. The maximum absolute atomic E-state index is 14.6. The molecule has 1 fully saturated rings. The summed E-state index contributed by atoms with van der Waals surface area (Å²) in [6, 6.07) is 1.87. The van der Waals surface area contributed by atoms with Gasteiger partial charge >= 0.3 is 0 Å². The van der Waals surface area contributed by atoms with Crippen LogP contribution in [0.15, 0.2) is 12.1 Å². The predicted octanol–water partition coefficient (Wildman–Crippen LogP) is 2.79. The molecule has 1 unspecified atom stereocenters. The Bertz CT molecular complexity index is 616. The number of nitrogens with zero attached hydrogens (tertiary/aromatic N) is 1. The van der Waals surface area contributed by atoms with Crippen molar-refractivity contribution >= 4 is 15.7 Å². The van der Waals surface area contributed by atoms with Crippen LogP contribution in [0.5, 0.6) is 0 Å². The summed E-state index contributed by atoms with van der Waals surface area (Å²) in [5.74, 6) is -2.62. The summed E-state index contributed by atoms with van der Waals surface area (Å²) < 4.78 is 66.1. The number of nitrogens with one attached hydrogen (secondary N) is 1. The van der Waals surface area contributed by atoms with Gasteiger partial charge in [-0.05, 0) is 25.0 Å². The first-order valence-corrected chi connectivity index (χ1v) is 8.52. The fourth-order valence-electron chi connectivity index (χ4n) is 2.39. The van der Waals surface area contributed by atoms with E-state index in [0.29, 0.717) is 13.1 Å². The number of piperidine rings is 1.